The summed E-state index contributed by atoms with van der Waals surface area (Å²) in [6.07, 6.45) is -3.81. The summed E-state index contributed by atoms with van der Waals surface area (Å²) < 4.78 is 39.5. The molecule has 0 bridgehead atoms. The molecule has 0 aliphatic carbocycles. The highest BCUT2D eigenvalue weighted by molar-refractivity contribution is 7.99. The predicted molar refractivity (Wildman–Crippen MR) is 104 cm³/mol. The first-order valence-electron chi connectivity index (χ1n) is 8.27. The fraction of sp³-hybridized carbons (Fsp3) is 0.211. The van der Waals surface area contributed by atoms with Crippen LogP contribution in [0.25, 0.3) is 11.1 Å². The normalized spacial score (nSPS) is 11.7. The van der Waals surface area contributed by atoms with Crippen LogP contribution in [0.15, 0.2) is 45.2 Å². The van der Waals surface area contributed by atoms with Crippen molar-refractivity contribution in [2.45, 2.75) is 29.9 Å². The van der Waals surface area contributed by atoms with Crippen molar-refractivity contribution in [3.63, 3.8) is 0 Å². The summed E-state index contributed by atoms with van der Waals surface area (Å²) >= 11 is 7.04. The maximum atomic E-state index is 12.8. The maximum Gasteiger partial charge on any atom is 0.417 e. The molecule has 0 spiro atoms. The molecule has 1 aromatic carbocycles. The van der Waals surface area contributed by atoms with Crippen LogP contribution in [0.5, 0.6) is 5.75 Å². The molecule has 5 nitrogen and oxygen atoms in total. The van der Waals surface area contributed by atoms with Gasteiger partial charge in [0.1, 0.15) is 10.7 Å². The summed E-state index contributed by atoms with van der Waals surface area (Å²) in [5.41, 5.74) is 0.222. The number of halogens is 4. The summed E-state index contributed by atoms with van der Waals surface area (Å²) in [5.74, 6) is -0.218. The Bertz CT molecular complexity index is 1160. The monoisotopic (exact) mass is 441 g/mol. The largest absolute Gasteiger partial charge is 0.505 e. The van der Waals surface area contributed by atoms with Crippen LogP contribution in [0, 0.1) is 13.8 Å². The zero-order valence-corrected chi connectivity index (χ0v) is 17.1. The molecule has 0 amide bonds. The van der Waals surface area contributed by atoms with Gasteiger partial charge in [0.05, 0.1) is 16.1 Å². The van der Waals surface area contributed by atoms with E-state index in [-0.39, 0.29) is 21.4 Å². The van der Waals surface area contributed by atoms with Crippen LogP contribution in [-0.2, 0) is 13.2 Å². The van der Waals surface area contributed by atoms with Crippen LogP contribution in [0.1, 0.15) is 16.8 Å². The van der Waals surface area contributed by atoms with Gasteiger partial charge in [0.2, 0.25) is 0 Å². The van der Waals surface area contributed by atoms with Crippen molar-refractivity contribution in [3.05, 3.63) is 62.7 Å². The number of aryl methyl sites for hydroxylation is 3. The van der Waals surface area contributed by atoms with E-state index in [1.807, 2.05) is 0 Å². The van der Waals surface area contributed by atoms with E-state index in [2.05, 4.69) is 10.1 Å². The molecule has 0 saturated carbocycles. The summed E-state index contributed by atoms with van der Waals surface area (Å²) in [5, 5.41) is 14.4. The number of alkyl halides is 3. The van der Waals surface area contributed by atoms with Crippen LogP contribution in [-0.4, -0.2) is 19.9 Å². The van der Waals surface area contributed by atoms with Gasteiger partial charge in [0.25, 0.3) is 5.56 Å². The van der Waals surface area contributed by atoms with Gasteiger partial charge in [0.15, 0.2) is 5.75 Å². The van der Waals surface area contributed by atoms with Crippen LogP contribution >= 0.6 is 23.4 Å². The van der Waals surface area contributed by atoms with E-state index >= 15 is 0 Å². The average Bonchev–Trinajstić information content (AvgIpc) is 2.63. The van der Waals surface area contributed by atoms with Crippen molar-refractivity contribution < 1.29 is 18.3 Å². The predicted octanol–water partition coefficient (Wildman–Crippen LogP) is 4.99. The van der Waals surface area contributed by atoms with E-state index < -0.39 is 17.3 Å². The lowest BCUT2D eigenvalue weighted by Crippen LogP contribution is -2.22. The molecular weight excluding hydrogens is 427 g/mol. The maximum absolute atomic E-state index is 12.8. The van der Waals surface area contributed by atoms with Crippen molar-refractivity contribution in [2.75, 3.05) is 0 Å². The number of rotatable bonds is 3. The number of benzene rings is 1. The molecule has 10 heteroatoms. The molecule has 0 saturated heterocycles. The molecule has 0 atom stereocenters. The first-order valence-corrected chi connectivity index (χ1v) is 9.47. The second-order valence-corrected chi connectivity index (χ2v) is 7.79. The first kappa shape index (κ1) is 21.2. The lowest BCUT2D eigenvalue weighted by molar-refractivity contribution is -0.137. The summed E-state index contributed by atoms with van der Waals surface area (Å²) in [6, 6.07) is 5.95. The van der Waals surface area contributed by atoms with Crippen molar-refractivity contribution in [2.24, 2.45) is 7.05 Å². The number of aromatic nitrogens is 3. The van der Waals surface area contributed by atoms with E-state index in [1.54, 1.807) is 32.0 Å². The molecule has 0 fully saturated rings. The zero-order chi connectivity index (χ0) is 21.5. The molecule has 29 heavy (non-hydrogen) atoms. The molecule has 3 rings (SSSR count). The van der Waals surface area contributed by atoms with Gasteiger partial charge in [-0.1, -0.05) is 29.4 Å². The van der Waals surface area contributed by atoms with Gasteiger partial charge in [0, 0.05) is 18.1 Å². The smallest absolute Gasteiger partial charge is 0.417 e. The lowest BCUT2D eigenvalue weighted by Gasteiger charge is -2.13. The lowest BCUT2D eigenvalue weighted by atomic mass is 10.0. The zero-order valence-electron chi connectivity index (χ0n) is 15.5. The number of pyridine rings is 1. The Balaban J connectivity index is 2.05. The Morgan fingerprint density at radius 2 is 1.90 bits per heavy atom. The van der Waals surface area contributed by atoms with Crippen molar-refractivity contribution in [1.29, 1.82) is 0 Å². The highest BCUT2D eigenvalue weighted by Crippen LogP contribution is 2.38. The molecule has 2 heterocycles. The van der Waals surface area contributed by atoms with Crippen molar-refractivity contribution in [3.8, 4) is 16.9 Å². The van der Waals surface area contributed by atoms with E-state index in [4.69, 9.17) is 11.6 Å². The average molecular weight is 442 g/mol. The van der Waals surface area contributed by atoms with Gasteiger partial charge in [-0.2, -0.15) is 18.3 Å². The topological polar surface area (TPSA) is 68.0 Å². The number of aromatic hydroxyl groups is 1. The van der Waals surface area contributed by atoms with E-state index in [9.17, 15) is 23.1 Å². The minimum absolute atomic E-state index is 0.103. The molecule has 2 aromatic heterocycles. The van der Waals surface area contributed by atoms with Crippen LogP contribution in [0.4, 0.5) is 13.2 Å². The van der Waals surface area contributed by atoms with Gasteiger partial charge in [-0.25, -0.2) is 9.67 Å². The van der Waals surface area contributed by atoms with Gasteiger partial charge in [-0.05, 0) is 43.2 Å². The fourth-order valence-electron chi connectivity index (χ4n) is 2.71. The second kappa shape index (κ2) is 7.72. The summed E-state index contributed by atoms with van der Waals surface area (Å²) in [6.45, 7) is 3.36. The molecule has 1 N–H and O–H groups in total. The third-order valence-corrected chi connectivity index (χ3v) is 5.62. The first-order chi connectivity index (χ1) is 13.5. The number of hydrogen-bond acceptors (Lipinski definition) is 5. The third-order valence-electron chi connectivity index (χ3n) is 4.21. The van der Waals surface area contributed by atoms with E-state index in [0.29, 0.717) is 16.2 Å². The summed E-state index contributed by atoms with van der Waals surface area (Å²) in [7, 11) is 1.48. The second-order valence-electron chi connectivity index (χ2n) is 6.33. The summed E-state index contributed by atoms with van der Waals surface area (Å²) in [4.78, 5) is 17.0. The molecule has 3 aromatic rings. The Morgan fingerprint density at radius 3 is 2.52 bits per heavy atom. The Kier molecular flexibility index (Phi) is 5.64. The molecule has 0 unspecified atom stereocenters. The minimum atomic E-state index is -4.53. The van der Waals surface area contributed by atoms with Gasteiger partial charge < -0.3 is 5.11 Å². The highest BCUT2D eigenvalue weighted by atomic mass is 35.5. The molecule has 152 valence electrons. The van der Waals surface area contributed by atoms with E-state index in [1.165, 1.54) is 7.05 Å². The molecule has 0 aliphatic heterocycles. The standard InChI is InChI=1S/C19H15ClF3N3O2S/c1-9-4-5-12(29-17-14(20)6-11(8-24-17)19(21,22)23)7-13(9)15-16(27)10(2)25-26(3)18(15)28/h4-8,27H,1-3H3. The molecule has 0 aliphatic rings. The minimum Gasteiger partial charge on any atom is -0.505 e. The number of nitrogens with zero attached hydrogens (tertiary/aromatic N) is 3. The Morgan fingerprint density at radius 1 is 1.21 bits per heavy atom. The van der Waals surface area contributed by atoms with Crippen molar-refractivity contribution >= 4 is 23.4 Å². The fourth-order valence-corrected chi connectivity index (χ4v) is 3.79. The van der Waals surface area contributed by atoms with Gasteiger partial charge in [-0.3, -0.25) is 4.79 Å². The van der Waals surface area contributed by atoms with Gasteiger partial charge >= 0.3 is 6.18 Å². The molecular formula is C19H15ClF3N3O2S. The Hall–Kier alpha value is -2.52. The molecule has 0 radical (unpaired) electrons. The highest BCUT2D eigenvalue weighted by Gasteiger charge is 2.31. The van der Waals surface area contributed by atoms with E-state index in [0.717, 1.165) is 34.3 Å². The quantitative estimate of drug-likeness (QED) is 0.620. The van der Waals surface area contributed by atoms with Gasteiger partial charge in [-0.15, -0.1) is 0 Å². The van der Waals surface area contributed by atoms with Crippen LogP contribution in [0.2, 0.25) is 5.02 Å². The third kappa shape index (κ3) is 4.25. The van der Waals surface area contributed by atoms with Crippen molar-refractivity contribution in [1.82, 2.24) is 14.8 Å². The van der Waals surface area contributed by atoms with Crippen LogP contribution in [0.3, 0.4) is 0 Å². The SMILES string of the molecule is Cc1ccc(Sc2ncc(C(F)(F)F)cc2Cl)cc1-c1c(O)c(C)nn(C)c1=O. The number of hydrogen-bond donors (Lipinski definition) is 1. The Labute approximate surface area is 173 Å². The van der Waals surface area contributed by atoms with Crippen LogP contribution < -0.4 is 5.56 Å².